The van der Waals surface area contributed by atoms with Crippen molar-refractivity contribution in [3.8, 4) is 11.1 Å². The summed E-state index contributed by atoms with van der Waals surface area (Å²) < 4.78 is 5.10. The number of halogens is 1. The number of aliphatic hydroxyl groups excluding tert-OH is 1. The van der Waals surface area contributed by atoms with Crippen LogP contribution >= 0.6 is 11.6 Å². The lowest BCUT2D eigenvalue weighted by Crippen LogP contribution is -2.21. The molecule has 134 valence electrons. The van der Waals surface area contributed by atoms with Gasteiger partial charge in [0.25, 0.3) is 0 Å². The molecule has 1 heterocycles. The highest BCUT2D eigenvalue weighted by Crippen LogP contribution is 2.23. The maximum atomic E-state index is 11.3. The van der Waals surface area contributed by atoms with Crippen LogP contribution in [0.2, 0.25) is 5.02 Å². The monoisotopic (exact) mass is 371 g/mol. The molecule has 26 heavy (non-hydrogen) atoms. The van der Waals surface area contributed by atoms with E-state index < -0.39 is 12.2 Å². The first-order valence-corrected chi connectivity index (χ1v) is 8.49. The van der Waals surface area contributed by atoms with Crippen molar-refractivity contribution in [3.63, 3.8) is 0 Å². The van der Waals surface area contributed by atoms with Gasteiger partial charge in [0, 0.05) is 10.6 Å². The molecule has 0 bridgehead atoms. The number of aliphatic hydroxyl groups is 1. The predicted octanol–water partition coefficient (Wildman–Crippen LogP) is 4.66. The predicted molar refractivity (Wildman–Crippen MR) is 101 cm³/mol. The van der Waals surface area contributed by atoms with Gasteiger partial charge in [0.2, 0.25) is 0 Å². The van der Waals surface area contributed by atoms with Crippen molar-refractivity contribution in [1.82, 2.24) is 0 Å². The molecule has 0 radical (unpaired) electrons. The third-order valence-electron chi connectivity index (χ3n) is 4.02. The summed E-state index contributed by atoms with van der Waals surface area (Å²) >= 11 is 5.84. The van der Waals surface area contributed by atoms with Crippen LogP contribution in [0.25, 0.3) is 11.1 Å². The van der Waals surface area contributed by atoms with Crippen molar-refractivity contribution in [2.24, 2.45) is 0 Å². The van der Waals surface area contributed by atoms with Gasteiger partial charge in [-0.1, -0.05) is 35.9 Å². The van der Waals surface area contributed by atoms with E-state index in [1.165, 1.54) is 6.07 Å². The van der Waals surface area contributed by atoms with Gasteiger partial charge in [-0.05, 0) is 48.2 Å². The summed E-state index contributed by atoms with van der Waals surface area (Å²) in [6, 6.07) is 14.4. The Balaban J connectivity index is 1.64. The molecular weight excluding hydrogens is 354 g/mol. The van der Waals surface area contributed by atoms with Gasteiger partial charge in [0.15, 0.2) is 0 Å². The number of carboxylic acids is 1. The van der Waals surface area contributed by atoms with Crippen LogP contribution in [0.15, 0.2) is 65.5 Å². The number of anilines is 1. The number of aryl methyl sites for hydroxylation is 1. The summed E-state index contributed by atoms with van der Waals surface area (Å²) in [6.07, 6.45) is 3.49. The van der Waals surface area contributed by atoms with Gasteiger partial charge in [-0.2, -0.15) is 0 Å². The molecular formula is C20H18ClNO4. The van der Waals surface area contributed by atoms with Crippen LogP contribution in [0.4, 0.5) is 5.69 Å². The van der Waals surface area contributed by atoms with Gasteiger partial charge in [0.05, 0.1) is 23.8 Å². The maximum Gasteiger partial charge on any atom is 0.337 e. The number of carboxylic acid groups (broad SMARTS) is 1. The van der Waals surface area contributed by atoms with Crippen LogP contribution in [0.5, 0.6) is 0 Å². The van der Waals surface area contributed by atoms with E-state index in [9.17, 15) is 15.0 Å². The molecule has 1 aromatic heterocycles. The topological polar surface area (TPSA) is 82.7 Å². The SMILES string of the molecule is O=C(O)c1cc(Cl)ccc1NC(O)CCc1cccc(-c2ccoc2)c1. The minimum atomic E-state index is -1.10. The summed E-state index contributed by atoms with van der Waals surface area (Å²) in [6.45, 7) is 0. The van der Waals surface area contributed by atoms with Crippen molar-refractivity contribution in [3.05, 3.63) is 77.2 Å². The van der Waals surface area contributed by atoms with Gasteiger partial charge in [-0.25, -0.2) is 4.79 Å². The Morgan fingerprint density at radius 3 is 2.73 bits per heavy atom. The molecule has 0 amide bonds. The third-order valence-corrected chi connectivity index (χ3v) is 4.26. The van der Waals surface area contributed by atoms with Crippen LogP contribution < -0.4 is 5.32 Å². The number of aromatic carboxylic acids is 1. The van der Waals surface area contributed by atoms with E-state index in [0.29, 0.717) is 23.6 Å². The fraction of sp³-hybridized carbons (Fsp3) is 0.150. The first-order chi connectivity index (χ1) is 12.5. The van der Waals surface area contributed by atoms with E-state index in [0.717, 1.165) is 16.7 Å². The number of rotatable bonds is 7. The Hall–Kier alpha value is -2.76. The molecule has 0 aliphatic heterocycles. The zero-order valence-electron chi connectivity index (χ0n) is 13.9. The molecule has 0 fully saturated rings. The first kappa shape index (κ1) is 18.0. The average molecular weight is 372 g/mol. The van der Waals surface area contributed by atoms with Gasteiger partial charge < -0.3 is 19.9 Å². The normalized spacial score (nSPS) is 11.9. The van der Waals surface area contributed by atoms with Crippen molar-refractivity contribution in [2.75, 3.05) is 5.32 Å². The molecule has 3 N–H and O–H groups in total. The fourth-order valence-electron chi connectivity index (χ4n) is 2.71. The largest absolute Gasteiger partial charge is 0.478 e. The van der Waals surface area contributed by atoms with Crippen molar-refractivity contribution < 1.29 is 19.4 Å². The lowest BCUT2D eigenvalue weighted by atomic mass is 10.0. The van der Waals surface area contributed by atoms with E-state index in [1.54, 1.807) is 24.7 Å². The van der Waals surface area contributed by atoms with Crippen LogP contribution in [0, 0.1) is 0 Å². The second-order valence-corrected chi connectivity index (χ2v) is 6.34. The highest BCUT2D eigenvalue weighted by Gasteiger charge is 2.13. The number of furan rings is 1. The molecule has 2 aromatic carbocycles. The van der Waals surface area contributed by atoms with Crippen molar-refractivity contribution in [2.45, 2.75) is 19.1 Å². The minimum absolute atomic E-state index is 0.0264. The second kappa shape index (κ2) is 8.08. The molecule has 0 saturated carbocycles. The van der Waals surface area contributed by atoms with Gasteiger partial charge in [-0.15, -0.1) is 0 Å². The second-order valence-electron chi connectivity index (χ2n) is 5.91. The average Bonchev–Trinajstić information content (AvgIpc) is 3.16. The number of carbonyl (C=O) groups is 1. The van der Waals surface area contributed by atoms with E-state index in [-0.39, 0.29) is 5.56 Å². The zero-order valence-corrected chi connectivity index (χ0v) is 14.6. The zero-order chi connectivity index (χ0) is 18.5. The minimum Gasteiger partial charge on any atom is -0.478 e. The highest BCUT2D eigenvalue weighted by molar-refractivity contribution is 6.31. The molecule has 0 aliphatic carbocycles. The van der Waals surface area contributed by atoms with E-state index in [2.05, 4.69) is 5.32 Å². The summed E-state index contributed by atoms with van der Waals surface area (Å²) in [7, 11) is 0. The summed E-state index contributed by atoms with van der Waals surface area (Å²) in [4.78, 5) is 11.3. The summed E-state index contributed by atoms with van der Waals surface area (Å²) in [5.74, 6) is -1.10. The van der Waals surface area contributed by atoms with Crippen LogP contribution in [-0.2, 0) is 6.42 Å². The molecule has 3 aromatic rings. The Morgan fingerprint density at radius 1 is 1.15 bits per heavy atom. The lowest BCUT2D eigenvalue weighted by molar-refractivity contribution is 0.0697. The Kier molecular flexibility index (Phi) is 5.61. The molecule has 0 spiro atoms. The molecule has 0 aliphatic rings. The summed E-state index contributed by atoms with van der Waals surface area (Å²) in [5, 5.41) is 22.6. The van der Waals surface area contributed by atoms with Gasteiger partial charge in [0.1, 0.15) is 6.23 Å². The molecule has 1 unspecified atom stereocenters. The Labute approximate surface area is 155 Å². The standard InChI is InChI=1S/C20H18ClNO4/c21-16-5-6-18(17(11-16)20(24)25)22-19(23)7-4-13-2-1-3-14(10-13)15-8-9-26-12-15/h1-3,5-6,8-12,19,22-23H,4,7H2,(H,24,25). The van der Waals surface area contributed by atoms with Crippen LogP contribution in [0.3, 0.4) is 0 Å². The number of nitrogens with one attached hydrogen (secondary N) is 1. The van der Waals surface area contributed by atoms with Crippen LogP contribution in [-0.4, -0.2) is 22.4 Å². The molecule has 1 atom stereocenters. The Morgan fingerprint density at radius 2 is 2.00 bits per heavy atom. The van der Waals surface area contributed by atoms with E-state index in [4.69, 9.17) is 16.0 Å². The van der Waals surface area contributed by atoms with Crippen LogP contribution in [0.1, 0.15) is 22.3 Å². The molecule has 5 nitrogen and oxygen atoms in total. The number of hydrogen-bond acceptors (Lipinski definition) is 4. The fourth-order valence-corrected chi connectivity index (χ4v) is 2.88. The highest BCUT2D eigenvalue weighted by atomic mass is 35.5. The number of hydrogen-bond donors (Lipinski definition) is 3. The number of benzene rings is 2. The molecule has 3 rings (SSSR count). The molecule has 6 heteroatoms. The Bertz CT molecular complexity index is 893. The summed E-state index contributed by atoms with van der Waals surface area (Å²) in [5.41, 5.74) is 3.47. The maximum absolute atomic E-state index is 11.3. The first-order valence-electron chi connectivity index (χ1n) is 8.12. The van der Waals surface area contributed by atoms with Crippen molar-refractivity contribution in [1.29, 1.82) is 0 Å². The van der Waals surface area contributed by atoms with Gasteiger partial charge >= 0.3 is 5.97 Å². The quantitative estimate of drug-likeness (QED) is 0.526. The smallest absolute Gasteiger partial charge is 0.337 e. The van der Waals surface area contributed by atoms with E-state index >= 15 is 0 Å². The van der Waals surface area contributed by atoms with Gasteiger partial charge in [-0.3, -0.25) is 0 Å². The molecule has 0 saturated heterocycles. The third kappa shape index (κ3) is 4.45. The lowest BCUT2D eigenvalue weighted by Gasteiger charge is -2.16. The van der Waals surface area contributed by atoms with Crippen molar-refractivity contribution >= 4 is 23.3 Å². The van der Waals surface area contributed by atoms with E-state index in [1.807, 2.05) is 30.3 Å².